The average Bonchev–Trinajstić information content (AvgIpc) is 2.67. The molecule has 3 nitrogen and oxygen atoms in total. The van der Waals surface area contributed by atoms with Crippen molar-refractivity contribution in [3.63, 3.8) is 0 Å². The second kappa shape index (κ2) is 6.35. The van der Waals surface area contributed by atoms with Gasteiger partial charge in [-0.3, -0.25) is 9.48 Å². The molecule has 0 radical (unpaired) electrons. The van der Waals surface area contributed by atoms with E-state index in [0.29, 0.717) is 11.4 Å². The highest BCUT2D eigenvalue weighted by Gasteiger charge is 2.24. The van der Waals surface area contributed by atoms with E-state index in [1.807, 2.05) is 25.7 Å². The predicted octanol–water partition coefficient (Wildman–Crippen LogP) is 2.60. The smallest absolute Gasteiger partial charge is 0.152 e. The summed E-state index contributed by atoms with van der Waals surface area (Å²) in [6, 6.07) is 0. The molecule has 2 heterocycles. The Labute approximate surface area is 121 Å². The Hall–Kier alpha value is -0.130. The van der Waals surface area contributed by atoms with Crippen LogP contribution in [-0.4, -0.2) is 38.1 Å². The lowest BCUT2D eigenvalue weighted by Crippen LogP contribution is -2.26. The largest absolute Gasteiger partial charge is 0.298 e. The minimum Gasteiger partial charge on any atom is -0.298 e. The number of hydrogen-bond acceptors (Lipinski definition) is 4. The Morgan fingerprint density at radius 1 is 1.56 bits per heavy atom. The summed E-state index contributed by atoms with van der Waals surface area (Å²) in [5, 5.41) is 5.14. The van der Waals surface area contributed by atoms with Gasteiger partial charge in [-0.25, -0.2) is 0 Å². The molecule has 1 saturated heterocycles. The van der Waals surface area contributed by atoms with Gasteiger partial charge in [0.2, 0.25) is 0 Å². The molecular weight excluding hydrogens is 288 g/mol. The van der Waals surface area contributed by atoms with Crippen LogP contribution in [0, 0.1) is 0 Å². The second-order valence-electron chi connectivity index (χ2n) is 4.26. The Kier molecular flexibility index (Phi) is 5.04. The van der Waals surface area contributed by atoms with E-state index in [1.54, 1.807) is 16.4 Å². The van der Waals surface area contributed by atoms with Crippen molar-refractivity contribution in [3.05, 3.63) is 16.4 Å². The van der Waals surface area contributed by atoms with Crippen molar-refractivity contribution < 1.29 is 4.79 Å². The SMILES string of the molecule is CCc1nn(C)c(CC(=O)C2CSCCS2)c1Cl. The molecule has 0 aliphatic carbocycles. The van der Waals surface area contributed by atoms with E-state index >= 15 is 0 Å². The fourth-order valence-corrected chi connectivity index (χ4v) is 4.98. The van der Waals surface area contributed by atoms with Gasteiger partial charge in [0.05, 0.1) is 28.1 Å². The third kappa shape index (κ3) is 3.06. The monoisotopic (exact) mass is 304 g/mol. The Bertz CT molecular complexity index is 442. The maximum Gasteiger partial charge on any atom is 0.152 e. The molecule has 100 valence electrons. The van der Waals surface area contributed by atoms with Crippen molar-refractivity contribution in [1.82, 2.24) is 9.78 Å². The number of thioether (sulfide) groups is 2. The van der Waals surface area contributed by atoms with E-state index in [-0.39, 0.29) is 11.0 Å². The molecule has 1 aliphatic heterocycles. The molecule has 1 aromatic heterocycles. The Balaban J connectivity index is 2.08. The lowest BCUT2D eigenvalue weighted by Gasteiger charge is -2.19. The molecular formula is C12H17ClN2OS2. The molecule has 18 heavy (non-hydrogen) atoms. The molecule has 0 amide bonds. The zero-order valence-electron chi connectivity index (χ0n) is 10.6. The van der Waals surface area contributed by atoms with E-state index in [1.165, 1.54) is 0 Å². The number of ketones is 1. The van der Waals surface area contributed by atoms with E-state index < -0.39 is 0 Å². The molecule has 1 aromatic rings. The number of carbonyl (C=O) groups excluding carboxylic acids is 1. The number of aromatic nitrogens is 2. The van der Waals surface area contributed by atoms with Crippen LogP contribution >= 0.6 is 35.1 Å². The Morgan fingerprint density at radius 2 is 2.33 bits per heavy atom. The Morgan fingerprint density at radius 3 is 2.89 bits per heavy atom. The van der Waals surface area contributed by atoms with Crippen molar-refractivity contribution in [2.24, 2.45) is 7.05 Å². The summed E-state index contributed by atoms with van der Waals surface area (Å²) in [7, 11) is 1.86. The van der Waals surface area contributed by atoms with Crippen LogP contribution in [0.4, 0.5) is 0 Å². The summed E-state index contributed by atoms with van der Waals surface area (Å²) in [6.07, 6.45) is 1.20. The zero-order valence-corrected chi connectivity index (χ0v) is 13.0. The first-order chi connectivity index (χ1) is 8.63. The molecule has 0 N–H and O–H groups in total. The molecule has 1 aliphatic rings. The van der Waals surface area contributed by atoms with Crippen LogP contribution in [0.25, 0.3) is 0 Å². The number of nitrogens with zero attached hydrogens (tertiary/aromatic N) is 2. The van der Waals surface area contributed by atoms with Gasteiger partial charge in [-0.05, 0) is 6.42 Å². The fraction of sp³-hybridized carbons (Fsp3) is 0.667. The van der Waals surface area contributed by atoms with E-state index in [9.17, 15) is 4.79 Å². The first kappa shape index (κ1) is 14.3. The number of Topliss-reactive ketones (excluding diaryl/α,β-unsaturated/α-hetero) is 1. The van der Waals surface area contributed by atoms with Gasteiger partial charge in [-0.15, -0.1) is 11.8 Å². The molecule has 0 saturated carbocycles. The first-order valence-electron chi connectivity index (χ1n) is 6.05. The normalized spacial score (nSPS) is 20.1. The number of hydrogen-bond donors (Lipinski definition) is 0. The van der Waals surface area contributed by atoms with Crippen LogP contribution in [0.15, 0.2) is 0 Å². The lowest BCUT2D eigenvalue weighted by molar-refractivity contribution is -0.117. The van der Waals surface area contributed by atoms with Gasteiger partial charge in [-0.1, -0.05) is 18.5 Å². The van der Waals surface area contributed by atoms with Crippen LogP contribution < -0.4 is 0 Å². The van der Waals surface area contributed by atoms with Gasteiger partial charge < -0.3 is 0 Å². The topological polar surface area (TPSA) is 34.9 Å². The van der Waals surface area contributed by atoms with Gasteiger partial charge >= 0.3 is 0 Å². The summed E-state index contributed by atoms with van der Waals surface area (Å²) >= 11 is 9.90. The summed E-state index contributed by atoms with van der Waals surface area (Å²) < 4.78 is 1.75. The van der Waals surface area contributed by atoms with Crippen LogP contribution in [0.2, 0.25) is 5.02 Å². The highest BCUT2D eigenvalue weighted by Crippen LogP contribution is 2.27. The number of aryl methyl sites for hydroxylation is 2. The van der Waals surface area contributed by atoms with Gasteiger partial charge in [0.15, 0.2) is 5.78 Å². The van der Waals surface area contributed by atoms with Crippen LogP contribution in [-0.2, 0) is 24.7 Å². The van der Waals surface area contributed by atoms with Crippen molar-refractivity contribution in [3.8, 4) is 0 Å². The van der Waals surface area contributed by atoms with Crippen molar-refractivity contribution in [1.29, 1.82) is 0 Å². The van der Waals surface area contributed by atoms with Gasteiger partial charge in [0.1, 0.15) is 0 Å². The number of carbonyl (C=O) groups is 1. The third-order valence-electron chi connectivity index (χ3n) is 3.02. The van der Waals surface area contributed by atoms with Crippen LogP contribution in [0.5, 0.6) is 0 Å². The lowest BCUT2D eigenvalue weighted by atomic mass is 10.1. The molecule has 1 fully saturated rings. The van der Waals surface area contributed by atoms with Crippen molar-refractivity contribution in [2.45, 2.75) is 25.0 Å². The van der Waals surface area contributed by atoms with E-state index in [0.717, 1.165) is 35.1 Å². The molecule has 2 rings (SSSR count). The first-order valence-corrected chi connectivity index (χ1v) is 8.64. The summed E-state index contributed by atoms with van der Waals surface area (Å²) in [5.41, 5.74) is 1.74. The zero-order chi connectivity index (χ0) is 13.1. The molecule has 1 atom stereocenters. The van der Waals surface area contributed by atoms with Crippen LogP contribution in [0.3, 0.4) is 0 Å². The van der Waals surface area contributed by atoms with Gasteiger partial charge in [-0.2, -0.15) is 16.9 Å². The third-order valence-corrected chi connectivity index (χ3v) is 6.26. The average molecular weight is 305 g/mol. The minimum absolute atomic E-state index is 0.125. The van der Waals surface area contributed by atoms with Crippen LogP contribution in [0.1, 0.15) is 18.3 Å². The van der Waals surface area contributed by atoms with Gasteiger partial charge in [0, 0.05) is 24.3 Å². The molecule has 0 spiro atoms. The molecule has 0 bridgehead atoms. The standard InChI is InChI=1S/C12H17ClN2OS2/c1-3-8-12(13)9(15(2)14-8)6-10(16)11-7-17-4-5-18-11/h11H,3-7H2,1-2H3. The van der Waals surface area contributed by atoms with E-state index in [4.69, 9.17) is 11.6 Å². The van der Waals surface area contributed by atoms with E-state index in [2.05, 4.69) is 5.10 Å². The number of halogens is 1. The number of rotatable bonds is 4. The molecule has 0 aromatic carbocycles. The maximum atomic E-state index is 12.2. The maximum absolute atomic E-state index is 12.2. The molecule has 6 heteroatoms. The van der Waals surface area contributed by atoms with Crippen molar-refractivity contribution >= 4 is 40.9 Å². The summed E-state index contributed by atoms with van der Waals surface area (Å²) in [4.78, 5) is 12.2. The fourth-order valence-electron chi connectivity index (χ4n) is 1.96. The predicted molar refractivity (Wildman–Crippen MR) is 79.9 cm³/mol. The minimum atomic E-state index is 0.125. The molecule has 1 unspecified atom stereocenters. The highest BCUT2D eigenvalue weighted by molar-refractivity contribution is 8.07. The van der Waals surface area contributed by atoms with Gasteiger partial charge in [0.25, 0.3) is 0 Å². The summed E-state index contributed by atoms with van der Waals surface area (Å²) in [5.74, 6) is 3.43. The quantitative estimate of drug-likeness (QED) is 0.856. The van der Waals surface area contributed by atoms with Crippen molar-refractivity contribution in [2.75, 3.05) is 17.3 Å². The summed E-state index contributed by atoms with van der Waals surface area (Å²) in [6.45, 7) is 2.02. The second-order valence-corrected chi connectivity index (χ2v) is 7.10. The highest BCUT2D eigenvalue weighted by atomic mass is 35.5.